The van der Waals surface area contributed by atoms with Crippen LogP contribution in [0.4, 0.5) is 10.1 Å². The van der Waals surface area contributed by atoms with Crippen molar-refractivity contribution < 1.29 is 17.6 Å². The molecule has 2 aliphatic heterocycles. The normalized spacial score (nSPS) is 18.5. The minimum Gasteiger partial charge on any atom is -0.338 e. The molecule has 2 aliphatic rings. The zero-order valence-electron chi connectivity index (χ0n) is 19.4. The van der Waals surface area contributed by atoms with E-state index in [1.807, 2.05) is 0 Å². The number of anilines is 1. The van der Waals surface area contributed by atoms with Crippen molar-refractivity contribution in [3.05, 3.63) is 71.6 Å². The molecule has 184 valence electrons. The Morgan fingerprint density at radius 2 is 1.77 bits per heavy atom. The van der Waals surface area contributed by atoms with Crippen molar-refractivity contribution in [3.63, 3.8) is 0 Å². The number of hydrogen-bond acceptors (Lipinski definition) is 5. The monoisotopic (exact) mass is 497 g/mol. The highest BCUT2D eigenvalue weighted by atomic mass is 32.2. The number of carbonyl (C=O) groups excluding carboxylic acids is 1. The minimum atomic E-state index is -3.99. The fraction of sp³-hybridized carbons (Fsp3) is 0.400. The van der Waals surface area contributed by atoms with Gasteiger partial charge in [0.15, 0.2) is 0 Å². The summed E-state index contributed by atoms with van der Waals surface area (Å²) in [5.41, 5.74) is 0.471. The lowest BCUT2D eigenvalue weighted by Gasteiger charge is -2.33. The number of aromatic nitrogens is 3. The number of amides is 1. The Bertz CT molecular complexity index is 1320. The standard InChI is InChI=1S/C25H28FN5O3S/c26-19-11-13-20(14-12-19)35(33,34)29-22-9-4-3-8-21(22)25(32)30-15-6-7-18(17-30)24-28-27-23-10-2-1-5-16-31(23)24/h3-4,8-9,11-14,18,29H,1-2,5-7,10,15-17H2. The number of carbonyl (C=O) groups is 1. The summed E-state index contributed by atoms with van der Waals surface area (Å²) in [5, 5.41) is 8.91. The number of nitrogens with one attached hydrogen (secondary N) is 1. The second kappa shape index (κ2) is 9.77. The van der Waals surface area contributed by atoms with E-state index in [-0.39, 0.29) is 28.0 Å². The van der Waals surface area contributed by atoms with Crippen molar-refractivity contribution in [3.8, 4) is 0 Å². The molecule has 1 saturated heterocycles. The number of halogens is 1. The highest BCUT2D eigenvalue weighted by Crippen LogP contribution is 2.30. The molecule has 0 saturated carbocycles. The number of aryl methyl sites for hydroxylation is 1. The summed E-state index contributed by atoms with van der Waals surface area (Å²) >= 11 is 0. The van der Waals surface area contributed by atoms with Crippen molar-refractivity contribution >= 4 is 21.6 Å². The van der Waals surface area contributed by atoms with Crippen LogP contribution in [0.3, 0.4) is 0 Å². The first-order chi connectivity index (χ1) is 16.9. The number of para-hydroxylation sites is 1. The summed E-state index contributed by atoms with van der Waals surface area (Å²) in [4.78, 5) is 15.2. The summed E-state index contributed by atoms with van der Waals surface area (Å²) in [6.07, 6.45) is 6.11. The molecule has 0 spiro atoms. The molecule has 1 N–H and O–H groups in total. The van der Waals surface area contributed by atoms with Gasteiger partial charge >= 0.3 is 0 Å². The van der Waals surface area contributed by atoms with Crippen LogP contribution in [0.25, 0.3) is 0 Å². The van der Waals surface area contributed by atoms with Crippen LogP contribution < -0.4 is 4.72 Å². The molecule has 3 heterocycles. The first-order valence-electron chi connectivity index (χ1n) is 12.0. The molecule has 8 nitrogen and oxygen atoms in total. The Morgan fingerprint density at radius 3 is 2.60 bits per heavy atom. The molecule has 0 aliphatic carbocycles. The number of hydrogen-bond donors (Lipinski definition) is 1. The van der Waals surface area contributed by atoms with Crippen molar-refractivity contribution in [2.24, 2.45) is 0 Å². The molecule has 5 rings (SSSR count). The van der Waals surface area contributed by atoms with Gasteiger partial charge in [-0.2, -0.15) is 0 Å². The lowest BCUT2D eigenvalue weighted by atomic mass is 9.96. The second-order valence-electron chi connectivity index (χ2n) is 9.13. The number of sulfonamides is 1. The van der Waals surface area contributed by atoms with Crippen LogP contribution in [-0.2, 0) is 23.0 Å². The van der Waals surface area contributed by atoms with Crippen molar-refractivity contribution in [2.45, 2.75) is 55.9 Å². The largest absolute Gasteiger partial charge is 0.338 e. The highest BCUT2D eigenvalue weighted by molar-refractivity contribution is 7.92. The number of fused-ring (bicyclic) bond motifs is 1. The SMILES string of the molecule is O=C(c1ccccc1NS(=O)(=O)c1ccc(F)cc1)N1CCCC(c2nnc3n2CCCCC3)C1. The molecule has 35 heavy (non-hydrogen) atoms. The third kappa shape index (κ3) is 4.93. The predicted octanol–water partition coefficient (Wildman–Crippen LogP) is 3.96. The topological polar surface area (TPSA) is 97.2 Å². The van der Waals surface area contributed by atoms with Gasteiger partial charge in [0.1, 0.15) is 17.5 Å². The third-order valence-electron chi connectivity index (χ3n) is 6.74. The lowest BCUT2D eigenvalue weighted by molar-refractivity contribution is 0.0704. The maximum absolute atomic E-state index is 13.5. The highest BCUT2D eigenvalue weighted by Gasteiger charge is 2.31. The van der Waals surface area contributed by atoms with E-state index in [4.69, 9.17) is 0 Å². The van der Waals surface area contributed by atoms with Crippen molar-refractivity contribution in [1.82, 2.24) is 19.7 Å². The Hall–Kier alpha value is -3.27. The molecule has 1 fully saturated rings. The minimum absolute atomic E-state index is 0.0771. The average Bonchev–Trinajstić information content (AvgIpc) is 3.12. The summed E-state index contributed by atoms with van der Waals surface area (Å²) in [7, 11) is -3.99. The van der Waals surface area contributed by atoms with Crippen LogP contribution in [0.1, 0.15) is 60.0 Å². The van der Waals surface area contributed by atoms with Gasteiger partial charge < -0.3 is 9.47 Å². The van der Waals surface area contributed by atoms with E-state index in [0.717, 1.165) is 62.4 Å². The Balaban J connectivity index is 1.36. The third-order valence-corrected chi connectivity index (χ3v) is 8.12. The Labute approximate surface area is 204 Å². The van der Waals surface area contributed by atoms with Gasteiger partial charge in [0, 0.05) is 32.0 Å². The molecule has 1 aromatic heterocycles. The van der Waals surface area contributed by atoms with Gasteiger partial charge in [-0.05, 0) is 62.1 Å². The van der Waals surface area contributed by atoms with Crippen LogP contribution in [0.2, 0.25) is 0 Å². The van der Waals surface area contributed by atoms with E-state index in [9.17, 15) is 17.6 Å². The van der Waals surface area contributed by atoms with E-state index in [2.05, 4.69) is 19.5 Å². The molecule has 1 amide bonds. The number of nitrogens with zero attached hydrogens (tertiary/aromatic N) is 4. The van der Waals surface area contributed by atoms with Crippen molar-refractivity contribution in [2.75, 3.05) is 17.8 Å². The molecule has 0 bridgehead atoms. The maximum atomic E-state index is 13.5. The second-order valence-corrected chi connectivity index (χ2v) is 10.8. The smallest absolute Gasteiger partial charge is 0.261 e. The van der Waals surface area contributed by atoms with Gasteiger partial charge in [0.25, 0.3) is 15.9 Å². The predicted molar refractivity (Wildman–Crippen MR) is 129 cm³/mol. The van der Waals surface area contributed by atoms with Crippen LogP contribution in [0.15, 0.2) is 53.4 Å². The molecule has 2 aromatic carbocycles. The van der Waals surface area contributed by atoms with Gasteiger partial charge in [-0.1, -0.05) is 18.6 Å². The van der Waals surface area contributed by atoms with E-state index in [1.165, 1.54) is 18.6 Å². The van der Waals surface area contributed by atoms with E-state index in [1.54, 1.807) is 29.2 Å². The maximum Gasteiger partial charge on any atom is 0.261 e. The molecule has 0 radical (unpaired) electrons. The van der Waals surface area contributed by atoms with Crippen LogP contribution in [0, 0.1) is 5.82 Å². The quantitative estimate of drug-likeness (QED) is 0.575. The number of likely N-dealkylation sites (tertiary alicyclic amines) is 1. The summed E-state index contributed by atoms with van der Waals surface area (Å²) in [6.45, 7) is 2.02. The average molecular weight is 498 g/mol. The van der Waals surface area contributed by atoms with Crippen LogP contribution in [-0.4, -0.2) is 47.1 Å². The Morgan fingerprint density at radius 1 is 0.971 bits per heavy atom. The van der Waals surface area contributed by atoms with Gasteiger partial charge in [-0.25, -0.2) is 12.8 Å². The molecule has 10 heteroatoms. The van der Waals surface area contributed by atoms with E-state index >= 15 is 0 Å². The summed E-state index contributed by atoms with van der Waals surface area (Å²) < 4.78 is 43.7. The first-order valence-corrected chi connectivity index (χ1v) is 13.5. The zero-order valence-corrected chi connectivity index (χ0v) is 20.2. The van der Waals surface area contributed by atoms with Gasteiger partial charge in [0.2, 0.25) is 0 Å². The molecule has 1 atom stereocenters. The Kier molecular flexibility index (Phi) is 6.55. The number of piperidine rings is 1. The number of benzene rings is 2. The van der Waals surface area contributed by atoms with E-state index < -0.39 is 15.8 Å². The first kappa shape index (κ1) is 23.5. The van der Waals surface area contributed by atoms with Gasteiger partial charge in [0.05, 0.1) is 16.1 Å². The molecule has 3 aromatic rings. The van der Waals surface area contributed by atoms with Crippen LogP contribution >= 0.6 is 0 Å². The fourth-order valence-corrected chi connectivity index (χ4v) is 6.01. The van der Waals surface area contributed by atoms with Crippen molar-refractivity contribution in [1.29, 1.82) is 0 Å². The summed E-state index contributed by atoms with van der Waals surface area (Å²) in [5.74, 6) is 1.31. The van der Waals surface area contributed by atoms with Gasteiger partial charge in [-0.3, -0.25) is 9.52 Å². The molecule has 1 unspecified atom stereocenters. The lowest BCUT2D eigenvalue weighted by Crippen LogP contribution is -2.40. The fourth-order valence-electron chi connectivity index (χ4n) is 4.93. The molecular formula is C25H28FN5O3S. The van der Waals surface area contributed by atoms with E-state index in [0.29, 0.717) is 13.1 Å². The molecular weight excluding hydrogens is 469 g/mol. The van der Waals surface area contributed by atoms with Gasteiger partial charge in [-0.15, -0.1) is 10.2 Å². The number of rotatable bonds is 5. The summed E-state index contributed by atoms with van der Waals surface area (Å²) in [6, 6.07) is 11.1. The van der Waals surface area contributed by atoms with Crippen LogP contribution in [0.5, 0.6) is 0 Å². The zero-order chi connectivity index (χ0) is 24.4.